The summed E-state index contributed by atoms with van der Waals surface area (Å²) in [5.41, 5.74) is 5.91. The topological polar surface area (TPSA) is 55.1 Å². The number of hydrogen-bond donors (Lipinski definition) is 2. The van der Waals surface area contributed by atoms with Crippen LogP contribution in [0.4, 0.5) is 0 Å². The van der Waals surface area contributed by atoms with Crippen molar-refractivity contribution in [3.63, 3.8) is 0 Å². The lowest BCUT2D eigenvalue weighted by Gasteiger charge is -2.62. The third-order valence-corrected chi connectivity index (χ3v) is 6.65. The van der Waals surface area contributed by atoms with Crippen molar-refractivity contribution in [3.8, 4) is 0 Å². The number of nitrogens with one attached hydrogen (secondary N) is 1. The van der Waals surface area contributed by atoms with Crippen molar-refractivity contribution in [1.82, 2.24) is 5.32 Å². The molecule has 0 radical (unpaired) electrons. The Bertz CT molecular complexity index is 351. The second kappa shape index (κ2) is 4.21. The average Bonchev–Trinajstić information content (AvgIpc) is 2.23. The summed E-state index contributed by atoms with van der Waals surface area (Å²) in [7, 11) is 0. The first-order valence-corrected chi connectivity index (χ1v) is 8.15. The van der Waals surface area contributed by atoms with Crippen LogP contribution >= 0.6 is 0 Å². The molecule has 5 rings (SSSR count). The lowest BCUT2D eigenvalue weighted by atomic mass is 9.43. The van der Waals surface area contributed by atoms with E-state index in [4.69, 9.17) is 5.73 Å². The van der Waals surface area contributed by atoms with Crippen molar-refractivity contribution >= 4 is 5.91 Å². The van der Waals surface area contributed by atoms with Gasteiger partial charge in [-0.2, -0.15) is 0 Å². The van der Waals surface area contributed by atoms with Gasteiger partial charge >= 0.3 is 0 Å². The number of nitrogens with two attached hydrogens (primary N) is 1. The highest BCUT2D eigenvalue weighted by Gasteiger charge is 2.56. The Hall–Kier alpha value is -0.570. The summed E-state index contributed by atoms with van der Waals surface area (Å²) in [5.74, 6) is 3.89. The van der Waals surface area contributed by atoms with Crippen LogP contribution in [0, 0.1) is 29.1 Å². The summed E-state index contributed by atoms with van der Waals surface area (Å²) >= 11 is 0. The van der Waals surface area contributed by atoms with E-state index in [9.17, 15) is 4.79 Å². The van der Waals surface area contributed by atoms with E-state index in [0.29, 0.717) is 18.0 Å². The number of carbonyl (C=O) groups excluding carboxylic acids is 1. The van der Waals surface area contributed by atoms with E-state index in [1.165, 1.54) is 51.4 Å². The molecule has 4 bridgehead atoms. The lowest BCUT2D eigenvalue weighted by molar-refractivity contribution is -0.119. The van der Waals surface area contributed by atoms with Crippen LogP contribution in [0.3, 0.4) is 0 Å². The molecule has 3 nitrogen and oxygen atoms in total. The lowest BCUT2D eigenvalue weighted by Crippen LogP contribution is -2.56. The number of hydrogen-bond acceptors (Lipinski definition) is 2. The summed E-state index contributed by atoms with van der Waals surface area (Å²) in [6.45, 7) is 0.359. The van der Waals surface area contributed by atoms with Crippen LogP contribution in [0.1, 0.15) is 51.4 Å². The molecule has 1 amide bonds. The molecule has 0 aromatic heterocycles. The largest absolute Gasteiger partial charge is 0.369 e. The van der Waals surface area contributed by atoms with Crippen molar-refractivity contribution in [3.05, 3.63) is 0 Å². The number of carbonyl (C=O) groups is 1. The van der Waals surface area contributed by atoms with E-state index in [1.807, 2.05) is 0 Å². The maximum absolute atomic E-state index is 10.8. The van der Waals surface area contributed by atoms with Crippen LogP contribution in [-0.4, -0.2) is 18.5 Å². The van der Waals surface area contributed by atoms with Crippen LogP contribution in [0.5, 0.6) is 0 Å². The van der Waals surface area contributed by atoms with Crippen LogP contribution in [0.25, 0.3) is 0 Å². The first-order valence-electron chi connectivity index (χ1n) is 8.15. The SMILES string of the molecule is NC(=O)CNC1CC(C23CC4CC(CC(C4)C2)C3)C1. The quantitative estimate of drug-likeness (QED) is 0.815. The molecule has 0 heterocycles. The molecule has 19 heavy (non-hydrogen) atoms. The maximum Gasteiger partial charge on any atom is 0.231 e. The zero-order chi connectivity index (χ0) is 13.0. The molecule has 0 unspecified atom stereocenters. The van der Waals surface area contributed by atoms with E-state index in [-0.39, 0.29) is 5.91 Å². The highest BCUT2D eigenvalue weighted by atomic mass is 16.1. The van der Waals surface area contributed by atoms with Gasteiger partial charge in [0.05, 0.1) is 6.54 Å². The Morgan fingerprint density at radius 1 is 1.00 bits per heavy atom. The van der Waals surface area contributed by atoms with Gasteiger partial charge in [0, 0.05) is 6.04 Å². The summed E-state index contributed by atoms with van der Waals surface area (Å²) in [6.07, 6.45) is 11.8. The molecule has 3 N–H and O–H groups in total. The summed E-state index contributed by atoms with van der Waals surface area (Å²) in [4.78, 5) is 10.8. The van der Waals surface area contributed by atoms with Crippen molar-refractivity contribution < 1.29 is 4.79 Å². The van der Waals surface area contributed by atoms with Crippen molar-refractivity contribution in [2.24, 2.45) is 34.8 Å². The summed E-state index contributed by atoms with van der Waals surface area (Å²) in [6, 6.07) is 0.561. The smallest absolute Gasteiger partial charge is 0.231 e. The Kier molecular flexibility index (Phi) is 2.70. The predicted octanol–water partition coefficient (Wildman–Crippen LogP) is 2.06. The Balaban J connectivity index is 1.37. The van der Waals surface area contributed by atoms with Crippen LogP contribution in [-0.2, 0) is 4.79 Å². The van der Waals surface area contributed by atoms with Gasteiger partial charge in [0.2, 0.25) is 5.91 Å². The fourth-order valence-corrected chi connectivity index (χ4v) is 6.21. The molecular weight excluding hydrogens is 236 g/mol. The van der Waals surface area contributed by atoms with Crippen LogP contribution in [0.15, 0.2) is 0 Å². The van der Waals surface area contributed by atoms with Crippen molar-refractivity contribution in [1.29, 1.82) is 0 Å². The van der Waals surface area contributed by atoms with E-state index in [0.717, 1.165) is 23.7 Å². The maximum atomic E-state index is 10.8. The zero-order valence-electron chi connectivity index (χ0n) is 11.7. The summed E-state index contributed by atoms with van der Waals surface area (Å²) < 4.78 is 0. The van der Waals surface area contributed by atoms with Gasteiger partial charge in [-0.15, -0.1) is 0 Å². The second-order valence-electron chi connectivity index (χ2n) is 7.99. The van der Waals surface area contributed by atoms with E-state index in [1.54, 1.807) is 0 Å². The second-order valence-corrected chi connectivity index (χ2v) is 7.99. The predicted molar refractivity (Wildman–Crippen MR) is 74.3 cm³/mol. The Morgan fingerprint density at radius 3 is 2.00 bits per heavy atom. The standard InChI is InChI=1S/C16H26N2O/c17-15(19)9-18-14-4-13(5-14)16-6-10-1-11(7-16)3-12(2-10)8-16/h10-14,18H,1-9H2,(H2,17,19). The minimum Gasteiger partial charge on any atom is -0.369 e. The van der Waals surface area contributed by atoms with Gasteiger partial charge in [0.15, 0.2) is 0 Å². The molecule has 3 heteroatoms. The molecule has 5 aliphatic rings. The van der Waals surface area contributed by atoms with Crippen molar-refractivity contribution in [2.75, 3.05) is 6.54 Å². The van der Waals surface area contributed by atoms with E-state index >= 15 is 0 Å². The van der Waals surface area contributed by atoms with Gasteiger partial charge in [-0.25, -0.2) is 0 Å². The Labute approximate surface area is 115 Å². The van der Waals surface area contributed by atoms with Gasteiger partial charge in [-0.05, 0) is 80.5 Å². The van der Waals surface area contributed by atoms with E-state index < -0.39 is 0 Å². The monoisotopic (exact) mass is 262 g/mol. The van der Waals surface area contributed by atoms with Gasteiger partial charge in [0.1, 0.15) is 0 Å². The van der Waals surface area contributed by atoms with Gasteiger partial charge in [-0.1, -0.05) is 0 Å². The molecule has 0 aliphatic heterocycles. The molecule has 5 fully saturated rings. The molecular formula is C16H26N2O. The minimum absolute atomic E-state index is 0.224. The third-order valence-electron chi connectivity index (χ3n) is 6.65. The molecule has 106 valence electrons. The van der Waals surface area contributed by atoms with E-state index in [2.05, 4.69) is 5.32 Å². The number of rotatable bonds is 4. The fourth-order valence-electron chi connectivity index (χ4n) is 6.21. The molecule has 5 aliphatic carbocycles. The first-order chi connectivity index (χ1) is 9.13. The zero-order valence-corrected chi connectivity index (χ0v) is 11.7. The van der Waals surface area contributed by atoms with Gasteiger partial charge < -0.3 is 11.1 Å². The van der Waals surface area contributed by atoms with Crippen LogP contribution < -0.4 is 11.1 Å². The average molecular weight is 262 g/mol. The molecule has 0 aromatic carbocycles. The normalized spacial score (nSPS) is 51.1. The summed E-state index contributed by atoms with van der Waals surface area (Å²) in [5, 5.41) is 3.31. The number of primary amides is 1. The Morgan fingerprint density at radius 2 is 1.53 bits per heavy atom. The molecule has 0 spiro atoms. The highest BCUT2D eigenvalue weighted by Crippen LogP contribution is 2.65. The number of amides is 1. The first kappa shape index (κ1) is 12.2. The molecule has 0 atom stereocenters. The molecule has 0 saturated heterocycles. The molecule has 0 aromatic rings. The molecule has 5 saturated carbocycles. The highest BCUT2D eigenvalue weighted by molar-refractivity contribution is 5.75. The van der Waals surface area contributed by atoms with Gasteiger partial charge in [-0.3, -0.25) is 4.79 Å². The fraction of sp³-hybridized carbons (Fsp3) is 0.938. The van der Waals surface area contributed by atoms with Crippen molar-refractivity contribution in [2.45, 2.75) is 57.4 Å². The van der Waals surface area contributed by atoms with Gasteiger partial charge in [0.25, 0.3) is 0 Å². The van der Waals surface area contributed by atoms with Crippen LogP contribution in [0.2, 0.25) is 0 Å². The minimum atomic E-state index is -0.224. The third kappa shape index (κ3) is 2.01.